The molecule has 0 saturated heterocycles. The van der Waals surface area contributed by atoms with Crippen molar-refractivity contribution in [1.29, 1.82) is 0 Å². The number of hydrogen-bond donors (Lipinski definition) is 1. The van der Waals surface area contributed by atoms with Crippen LogP contribution in [-0.2, 0) is 6.42 Å². The highest BCUT2D eigenvalue weighted by Crippen LogP contribution is 2.36. The Morgan fingerprint density at radius 2 is 2.37 bits per heavy atom. The molecule has 98 valence electrons. The molecule has 1 aliphatic rings. The van der Waals surface area contributed by atoms with E-state index in [0.29, 0.717) is 11.3 Å². The number of rotatable bonds is 2. The standard InChI is InChI=1S/C14H14N2O2S/c1-9-10-4-7-19-13(10)3-6-16(9)12-8-15-5-2-11(12)14(17)18/h2,4-5,7-9H,3,6H2,1H3,(H,17,18). The Bertz CT molecular complexity index is 623. The van der Waals surface area contributed by atoms with Gasteiger partial charge in [0.25, 0.3) is 0 Å². The number of carbonyl (C=O) groups is 1. The van der Waals surface area contributed by atoms with Crippen LogP contribution in [0.5, 0.6) is 0 Å². The maximum atomic E-state index is 11.3. The Labute approximate surface area is 115 Å². The van der Waals surface area contributed by atoms with Gasteiger partial charge in [-0.3, -0.25) is 4.98 Å². The van der Waals surface area contributed by atoms with E-state index in [9.17, 15) is 9.90 Å². The number of fused-ring (bicyclic) bond motifs is 1. The van der Waals surface area contributed by atoms with E-state index in [4.69, 9.17) is 0 Å². The van der Waals surface area contributed by atoms with Crippen LogP contribution in [0.25, 0.3) is 0 Å². The number of carboxylic acid groups (broad SMARTS) is 1. The van der Waals surface area contributed by atoms with Gasteiger partial charge in [-0.2, -0.15) is 0 Å². The molecule has 19 heavy (non-hydrogen) atoms. The zero-order valence-corrected chi connectivity index (χ0v) is 11.4. The Kier molecular flexibility index (Phi) is 2.98. The second-order valence-corrected chi connectivity index (χ2v) is 5.62. The number of aromatic carboxylic acids is 1. The van der Waals surface area contributed by atoms with Gasteiger partial charge in [-0.1, -0.05) is 0 Å². The molecule has 0 bridgehead atoms. The molecule has 2 aromatic heterocycles. The van der Waals surface area contributed by atoms with Crippen molar-refractivity contribution in [2.45, 2.75) is 19.4 Å². The van der Waals surface area contributed by atoms with Crippen LogP contribution < -0.4 is 4.90 Å². The fourth-order valence-electron chi connectivity index (χ4n) is 2.63. The van der Waals surface area contributed by atoms with Crippen LogP contribution in [0.4, 0.5) is 5.69 Å². The summed E-state index contributed by atoms with van der Waals surface area (Å²) in [6, 6.07) is 3.89. The van der Waals surface area contributed by atoms with E-state index in [1.54, 1.807) is 23.6 Å². The SMILES string of the molecule is CC1c2ccsc2CCN1c1cnccc1C(=O)O. The molecule has 0 amide bonds. The minimum Gasteiger partial charge on any atom is -0.478 e. The molecule has 0 saturated carbocycles. The summed E-state index contributed by atoms with van der Waals surface area (Å²) in [7, 11) is 0. The summed E-state index contributed by atoms with van der Waals surface area (Å²) in [5.74, 6) is -0.902. The molecule has 1 aliphatic heterocycles. The lowest BCUT2D eigenvalue weighted by atomic mass is 10.00. The van der Waals surface area contributed by atoms with Crippen LogP contribution in [0.3, 0.4) is 0 Å². The second-order valence-electron chi connectivity index (χ2n) is 4.62. The van der Waals surface area contributed by atoms with Gasteiger partial charge in [0.2, 0.25) is 0 Å². The van der Waals surface area contributed by atoms with Crippen LogP contribution in [-0.4, -0.2) is 22.6 Å². The molecule has 3 rings (SSSR count). The number of aromatic nitrogens is 1. The molecule has 4 nitrogen and oxygen atoms in total. The largest absolute Gasteiger partial charge is 0.478 e. The van der Waals surface area contributed by atoms with Crippen molar-refractivity contribution in [2.75, 3.05) is 11.4 Å². The van der Waals surface area contributed by atoms with Crippen molar-refractivity contribution in [3.8, 4) is 0 Å². The first-order valence-corrected chi connectivity index (χ1v) is 7.06. The molecule has 0 aromatic carbocycles. The van der Waals surface area contributed by atoms with Crippen molar-refractivity contribution in [3.63, 3.8) is 0 Å². The zero-order chi connectivity index (χ0) is 13.4. The van der Waals surface area contributed by atoms with Crippen LogP contribution >= 0.6 is 11.3 Å². The second kappa shape index (κ2) is 4.66. The fraction of sp³-hybridized carbons (Fsp3) is 0.286. The van der Waals surface area contributed by atoms with Gasteiger partial charge < -0.3 is 10.0 Å². The van der Waals surface area contributed by atoms with Crippen molar-refractivity contribution in [2.24, 2.45) is 0 Å². The molecular formula is C14H14N2O2S. The number of thiophene rings is 1. The molecule has 0 spiro atoms. The van der Waals surface area contributed by atoms with Crippen LogP contribution in [0.15, 0.2) is 29.9 Å². The van der Waals surface area contributed by atoms with Crippen molar-refractivity contribution < 1.29 is 9.90 Å². The molecule has 0 aliphatic carbocycles. The molecule has 0 radical (unpaired) electrons. The van der Waals surface area contributed by atoms with Crippen LogP contribution in [0, 0.1) is 0 Å². The monoisotopic (exact) mass is 274 g/mol. The summed E-state index contributed by atoms with van der Waals surface area (Å²) < 4.78 is 0. The molecule has 1 N–H and O–H groups in total. The van der Waals surface area contributed by atoms with E-state index in [0.717, 1.165) is 13.0 Å². The van der Waals surface area contributed by atoms with Gasteiger partial charge in [0.15, 0.2) is 0 Å². The van der Waals surface area contributed by atoms with Crippen molar-refractivity contribution in [3.05, 3.63) is 45.9 Å². The summed E-state index contributed by atoms with van der Waals surface area (Å²) in [6.07, 6.45) is 4.14. The Hall–Kier alpha value is -1.88. The summed E-state index contributed by atoms with van der Waals surface area (Å²) in [4.78, 5) is 18.9. The van der Waals surface area contributed by atoms with Gasteiger partial charge in [0.1, 0.15) is 0 Å². The predicted octanol–water partition coefficient (Wildman–Crippen LogP) is 2.97. The number of pyridine rings is 1. The molecular weight excluding hydrogens is 260 g/mol. The molecule has 0 fully saturated rings. The zero-order valence-electron chi connectivity index (χ0n) is 10.5. The summed E-state index contributed by atoms with van der Waals surface area (Å²) >= 11 is 1.78. The first-order valence-electron chi connectivity index (χ1n) is 6.18. The van der Waals surface area contributed by atoms with Crippen molar-refractivity contribution >= 4 is 23.0 Å². The van der Waals surface area contributed by atoms with E-state index in [1.165, 1.54) is 16.6 Å². The number of nitrogens with zero attached hydrogens (tertiary/aromatic N) is 2. The highest BCUT2D eigenvalue weighted by Gasteiger charge is 2.27. The lowest BCUT2D eigenvalue weighted by Crippen LogP contribution is -2.34. The van der Waals surface area contributed by atoms with E-state index < -0.39 is 5.97 Å². The Morgan fingerprint density at radius 1 is 1.53 bits per heavy atom. The summed E-state index contributed by atoms with van der Waals surface area (Å²) in [6.45, 7) is 2.95. The summed E-state index contributed by atoms with van der Waals surface area (Å²) in [5.41, 5.74) is 2.33. The minimum atomic E-state index is -0.902. The third-order valence-corrected chi connectivity index (χ3v) is 4.61. The molecule has 3 heterocycles. The fourth-order valence-corrected chi connectivity index (χ4v) is 3.60. The third kappa shape index (κ3) is 2.00. The van der Waals surface area contributed by atoms with Gasteiger partial charge in [0.05, 0.1) is 23.5 Å². The summed E-state index contributed by atoms with van der Waals surface area (Å²) in [5, 5.41) is 11.4. The molecule has 2 aromatic rings. The smallest absolute Gasteiger partial charge is 0.337 e. The maximum absolute atomic E-state index is 11.3. The molecule has 1 atom stereocenters. The van der Waals surface area contributed by atoms with Gasteiger partial charge in [0, 0.05) is 17.6 Å². The van der Waals surface area contributed by atoms with E-state index in [2.05, 4.69) is 28.3 Å². The number of anilines is 1. The van der Waals surface area contributed by atoms with Crippen LogP contribution in [0.1, 0.15) is 33.8 Å². The highest BCUT2D eigenvalue weighted by molar-refractivity contribution is 7.10. The predicted molar refractivity (Wildman–Crippen MR) is 75.0 cm³/mol. The number of hydrogen-bond acceptors (Lipinski definition) is 4. The topological polar surface area (TPSA) is 53.4 Å². The molecule has 1 unspecified atom stereocenters. The van der Waals surface area contributed by atoms with E-state index >= 15 is 0 Å². The lowest BCUT2D eigenvalue weighted by molar-refractivity contribution is 0.0697. The van der Waals surface area contributed by atoms with Gasteiger partial charge >= 0.3 is 5.97 Å². The average Bonchev–Trinajstić information content (AvgIpc) is 2.88. The quantitative estimate of drug-likeness (QED) is 0.914. The van der Waals surface area contributed by atoms with Gasteiger partial charge in [-0.25, -0.2) is 4.79 Å². The molecule has 5 heteroatoms. The van der Waals surface area contributed by atoms with Crippen LogP contribution in [0.2, 0.25) is 0 Å². The normalized spacial score (nSPS) is 18.2. The Balaban J connectivity index is 2.03. The lowest BCUT2D eigenvalue weighted by Gasteiger charge is -2.36. The average molecular weight is 274 g/mol. The van der Waals surface area contributed by atoms with Gasteiger partial charge in [-0.05, 0) is 36.4 Å². The minimum absolute atomic E-state index is 0.192. The van der Waals surface area contributed by atoms with E-state index in [1.807, 2.05) is 0 Å². The van der Waals surface area contributed by atoms with Gasteiger partial charge in [-0.15, -0.1) is 11.3 Å². The first-order chi connectivity index (χ1) is 9.18. The number of carboxylic acids is 1. The third-order valence-electron chi connectivity index (χ3n) is 3.62. The Morgan fingerprint density at radius 3 is 3.16 bits per heavy atom. The highest BCUT2D eigenvalue weighted by atomic mass is 32.1. The maximum Gasteiger partial charge on any atom is 0.337 e. The first kappa shape index (κ1) is 12.2. The van der Waals surface area contributed by atoms with E-state index in [-0.39, 0.29) is 6.04 Å². The van der Waals surface area contributed by atoms with Crippen molar-refractivity contribution in [1.82, 2.24) is 4.98 Å².